The van der Waals surface area contributed by atoms with E-state index in [1.54, 1.807) is 30.3 Å². The van der Waals surface area contributed by atoms with E-state index in [0.29, 0.717) is 22.9 Å². The standard InChI is InChI=1S/C28H31ClN2O5S/c1-4-28(5-2)18-25(24-11-6-7-12-26(24)36-28)30-27(32)19-31(21-10-8-9-20(29)17-21)37(33,34)23-15-13-22(35-3)14-16-23/h6-17,25H,4-5,18-19H2,1-3H3,(H,30,32)/t25-/m0/s1. The summed E-state index contributed by atoms with van der Waals surface area (Å²) in [6, 6.07) is 19.8. The molecule has 0 saturated heterocycles. The first-order valence-corrected chi connectivity index (χ1v) is 14.0. The summed E-state index contributed by atoms with van der Waals surface area (Å²) >= 11 is 6.18. The van der Waals surface area contributed by atoms with Crippen molar-refractivity contribution in [3.63, 3.8) is 0 Å². The molecule has 0 fully saturated rings. The molecule has 4 rings (SSSR count). The minimum atomic E-state index is -4.09. The van der Waals surface area contributed by atoms with E-state index in [1.165, 1.54) is 25.3 Å². The van der Waals surface area contributed by atoms with E-state index < -0.39 is 28.1 Å². The molecule has 0 spiro atoms. The second-order valence-electron chi connectivity index (χ2n) is 9.02. The van der Waals surface area contributed by atoms with Crippen molar-refractivity contribution >= 4 is 33.2 Å². The van der Waals surface area contributed by atoms with Crippen LogP contribution < -0.4 is 19.1 Å². The Balaban J connectivity index is 1.65. The molecular weight excluding hydrogens is 512 g/mol. The van der Waals surface area contributed by atoms with Gasteiger partial charge >= 0.3 is 0 Å². The summed E-state index contributed by atoms with van der Waals surface area (Å²) in [5.74, 6) is 0.833. The second kappa shape index (κ2) is 11.0. The number of rotatable bonds is 9. The lowest BCUT2D eigenvalue weighted by Crippen LogP contribution is -2.47. The van der Waals surface area contributed by atoms with Crippen LogP contribution in [0.25, 0.3) is 0 Å². The number of nitrogens with one attached hydrogen (secondary N) is 1. The number of halogens is 1. The van der Waals surface area contributed by atoms with Crippen LogP contribution in [-0.2, 0) is 14.8 Å². The minimum absolute atomic E-state index is 0.0356. The van der Waals surface area contributed by atoms with Crippen LogP contribution in [0.5, 0.6) is 11.5 Å². The molecule has 1 aliphatic heterocycles. The number of carbonyl (C=O) groups excluding carboxylic acids is 1. The molecular formula is C28H31ClN2O5S. The normalized spacial score (nSPS) is 16.3. The van der Waals surface area contributed by atoms with Gasteiger partial charge in [0, 0.05) is 17.0 Å². The fourth-order valence-electron chi connectivity index (χ4n) is 4.62. The predicted octanol–water partition coefficient (Wildman–Crippen LogP) is 5.74. The highest BCUT2D eigenvalue weighted by atomic mass is 35.5. The first-order chi connectivity index (χ1) is 17.7. The van der Waals surface area contributed by atoms with Gasteiger partial charge in [-0.1, -0.05) is 49.7 Å². The number of sulfonamides is 1. The molecule has 0 radical (unpaired) electrons. The smallest absolute Gasteiger partial charge is 0.264 e. The van der Waals surface area contributed by atoms with Crippen molar-refractivity contribution in [1.82, 2.24) is 5.32 Å². The largest absolute Gasteiger partial charge is 0.497 e. The molecule has 196 valence electrons. The van der Waals surface area contributed by atoms with Gasteiger partial charge in [-0.25, -0.2) is 8.42 Å². The zero-order chi connectivity index (χ0) is 26.6. The average molecular weight is 543 g/mol. The number of hydrogen-bond donors (Lipinski definition) is 1. The summed E-state index contributed by atoms with van der Waals surface area (Å²) in [5.41, 5.74) is 0.761. The van der Waals surface area contributed by atoms with Gasteiger partial charge in [0.1, 0.15) is 23.6 Å². The highest BCUT2D eigenvalue weighted by molar-refractivity contribution is 7.92. The van der Waals surface area contributed by atoms with Crippen LogP contribution in [0.15, 0.2) is 77.7 Å². The summed E-state index contributed by atoms with van der Waals surface area (Å²) in [5, 5.41) is 3.44. The Morgan fingerprint density at radius 2 is 1.78 bits per heavy atom. The van der Waals surface area contributed by atoms with E-state index >= 15 is 0 Å². The van der Waals surface area contributed by atoms with Gasteiger partial charge in [-0.3, -0.25) is 9.10 Å². The molecule has 0 aliphatic carbocycles. The van der Waals surface area contributed by atoms with Crippen LogP contribution in [0, 0.1) is 0 Å². The zero-order valence-corrected chi connectivity index (χ0v) is 22.7. The molecule has 0 saturated carbocycles. The molecule has 1 amide bonds. The maximum atomic E-state index is 13.7. The first-order valence-electron chi connectivity index (χ1n) is 12.2. The SMILES string of the molecule is CCC1(CC)C[C@H](NC(=O)CN(c2cccc(Cl)c2)S(=O)(=O)c2ccc(OC)cc2)c2ccccc2O1. The van der Waals surface area contributed by atoms with Crippen LogP contribution in [0.2, 0.25) is 5.02 Å². The summed E-state index contributed by atoms with van der Waals surface area (Å²) in [6.07, 6.45) is 2.15. The minimum Gasteiger partial charge on any atom is -0.497 e. The molecule has 0 unspecified atom stereocenters. The number of nitrogens with zero attached hydrogens (tertiary/aromatic N) is 1. The Hall–Kier alpha value is -3.23. The molecule has 37 heavy (non-hydrogen) atoms. The number of ether oxygens (including phenoxy) is 2. The van der Waals surface area contributed by atoms with Gasteiger partial charge in [-0.2, -0.15) is 0 Å². The molecule has 3 aromatic rings. The number of methoxy groups -OCH3 is 1. The lowest BCUT2D eigenvalue weighted by Gasteiger charge is -2.41. The van der Waals surface area contributed by atoms with Crippen LogP contribution in [0.4, 0.5) is 5.69 Å². The number of para-hydroxylation sites is 1. The number of amides is 1. The van der Waals surface area contributed by atoms with Gasteiger partial charge in [0.05, 0.1) is 23.7 Å². The van der Waals surface area contributed by atoms with Gasteiger partial charge in [-0.05, 0) is 61.4 Å². The number of fused-ring (bicyclic) bond motifs is 1. The Bertz CT molecular complexity index is 1360. The quantitative estimate of drug-likeness (QED) is 0.372. The number of anilines is 1. The van der Waals surface area contributed by atoms with Crippen LogP contribution in [0.1, 0.15) is 44.7 Å². The van der Waals surface area contributed by atoms with Gasteiger partial charge in [0.25, 0.3) is 10.0 Å². The van der Waals surface area contributed by atoms with E-state index in [4.69, 9.17) is 21.1 Å². The topological polar surface area (TPSA) is 84.9 Å². The first kappa shape index (κ1) is 26.8. The number of hydrogen-bond acceptors (Lipinski definition) is 5. The maximum absolute atomic E-state index is 13.7. The number of benzene rings is 3. The number of carbonyl (C=O) groups is 1. The van der Waals surface area contributed by atoms with E-state index in [0.717, 1.165) is 28.5 Å². The van der Waals surface area contributed by atoms with Gasteiger partial charge < -0.3 is 14.8 Å². The highest BCUT2D eigenvalue weighted by Gasteiger charge is 2.39. The summed E-state index contributed by atoms with van der Waals surface area (Å²) in [6.45, 7) is 3.72. The van der Waals surface area contributed by atoms with Crippen molar-refractivity contribution < 1.29 is 22.7 Å². The molecule has 9 heteroatoms. The molecule has 1 N–H and O–H groups in total. The Morgan fingerprint density at radius 1 is 1.08 bits per heavy atom. The van der Waals surface area contributed by atoms with Crippen molar-refractivity contribution in [2.75, 3.05) is 18.0 Å². The third kappa shape index (κ3) is 5.70. The molecule has 1 atom stereocenters. The molecule has 0 bridgehead atoms. The Kier molecular flexibility index (Phi) is 7.99. The van der Waals surface area contributed by atoms with Crippen LogP contribution in [0.3, 0.4) is 0 Å². The van der Waals surface area contributed by atoms with Gasteiger partial charge in [0.2, 0.25) is 5.91 Å². The van der Waals surface area contributed by atoms with E-state index in [9.17, 15) is 13.2 Å². The van der Waals surface area contributed by atoms with Crippen LogP contribution >= 0.6 is 11.6 Å². The van der Waals surface area contributed by atoms with Crippen molar-refractivity contribution in [1.29, 1.82) is 0 Å². The fourth-order valence-corrected chi connectivity index (χ4v) is 6.22. The maximum Gasteiger partial charge on any atom is 0.264 e. The van der Waals surface area contributed by atoms with Crippen molar-refractivity contribution in [2.24, 2.45) is 0 Å². The van der Waals surface area contributed by atoms with E-state index in [-0.39, 0.29) is 10.9 Å². The zero-order valence-electron chi connectivity index (χ0n) is 21.1. The van der Waals surface area contributed by atoms with Gasteiger partial charge in [-0.15, -0.1) is 0 Å². The predicted molar refractivity (Wildman–Crippen MR) is 145 cm³/mol. The fraction of sp³-hybridized carbons (Fsp3) is 0.321. The average Bonchev–Trinajstić information content (AvgIpc) is 2.91. The summed E-state index contributed by atoms with van der Waals surface area (Å²) < 4.78 is 40.0. The van der Waals surface area contributed by atoms with Crippen molar-refractivity contribution in [3.8, 4) is 11.5 Å². The van der Waals surface area contributed by atoms with Crippen LogP contribution in [-0.4, -0.2) is 33.6 Å². The molecule has 0 aromatic heterocycles. The monoisotopic (exact) mass is 542 g/mol. The van der Waals surface area contributed by atoms with Crippen molar-refractivity contribution in [2.45, 2.75) is 49.6 Å². The van der Waals surface area contributed by atoms with E-state index in [1.807, 2.05) is 24.3 Å². The highest BCUT2D eigenvalue weighted by Crippen LogP contribution is 2.42. The van der Waals surface area contributed by atoms with Gasteiger partial charge in [0.15, 0.2) is 0 Å². The second-order valence-corrected chi connectivity index (χ2v) is 11.3. The summed E-state index contributed by atoms with van der Waals surface area (Å²) in [7, 11) is -2.58. The van der Waals surface area contributed by atoms with E-state index in [2.05, 4.69) is 19.2 Å². The lowest BCUT2D eigenvalue weighted by molar-refractivity contribution is -0.121. The Labute approximate surface area is 223 Å². The third-order valence-electron chi connectivity index (χ3n) is 6.85. The molecule has 3 aromatic carbocycles. The molecule has 1 heterocycles. The van der Waals surface area contributed by atoms with Crippen molar-refractivity contribution in [3.05, 3.63) is 83.4 Å². The lowest BCUT2D eigenvalue weighted by atomic mass is 9.83. The molecule has 1 aliphatic rings. The third-order valence-corrected chi connectivity index (χ3v) is 8.87. The molecule has 7 nitrogen and oxygen atoms in total. The Morgan fingerprint density at radius 3 is 2.43 bits per heavy atom. The summed E-state index contributed by atoms with van der Waals surface area (Å²) in [4.78, 5) is 13.5.